The third-order valence-corrected chi connectivity index (χ3v) is 3.57. The Morgan fingerprint density at radius 3 is 2.82 bits per heavy atom. The molecule has 0 aliphatic rings. The van der Waals surface area contributed by atoms with Gasteiger partial charge < -0.3 is 19.8 Å². The number of anilines is 1. The van der Waals surface area contributed by atoms with E-state index in [2.05, 4.69) is 15.3 Å². The zero-order valence-electron chi connectivity index (χ0n) is 12.0. The Morgan fingerprint density at radius 2 is 2.18 bits per heavy atom. The molecule has 7 nitrogen and oxygen atoms in total. The third kappa shape index (κ3) is 3.93. The van der Waals surface area contributed by atoms with Crippen LogP contribution in [0.3, 0.4) is 0 Å². The molecular weight excluding hydrogens is 304 g/mol. The van der Waals surface area contributed by atoms with Gasteiger partial charge in [-0.25, -0.2) is 4.98 Å². The Labute approximate surface area is 131 Å². The molecule has 2 rings (SSSR count). The lowest BCUT2D eigenvalue weighted by molar-refractivity contribution is -0.113. The van der Waals surface area contributed by atoms with Gasteiger partial charge in [0, 0.05) is 18.0 Å². The summed E-state index contributed by atoms with van der Waals surface area (Å²) >= 11 is 1.22. The number of nitriles is 1. The van der Waals surface area contributed by atoms with Gasteiger partial charge in [-0.3, -0.25) is 4.79 Å². The number of hydrogen-bond acceptors (Lipinski definition) is 6. The van der Waals surface area contributed by atoms with Crippen molar-refractivity contribution in [3.63, 3.8) is 0 Å². The average Bonchev–Trinajstić information content (AvgIpc) is 3.01. The predicted molar refractivity (Wildman–Crippen MR) is 82.2 cm³/mol. The van der Waals surface area contributed by atoms with E-state index < -0.39 is 0 Å². The molecule has 0 fully saturated rings. The molecule has 0 radical (unpaired) electrons. The number of ether oxygens (including phenoxy) is 2. The summed E-state index contributed by atoms with van der Waals surface area (Å²) in [6.45, 7) is 0. The van der Waals surface area contributed by atoms with Gasteiger partial charge in [-0.05, 0) is 12.1 Å². The van der Waals surface area contributed by atoms with E-state index >= 15 is 0 Å². The normalized spacial score (nSPS) is 9.86. The summed E-state index contributed by atoms with van der Waals surface area (Å²) in [6.07, 6.45) is 1.49. The lowest BCUT2D eigenvalue weighted by atomic mass is 10.2. The molecule has 2 N–H and O–H groups in total. The Bertz CT molecular complexity index is 708. The quantitative estimate of drug-likeness (QED) is 0.791. The highest BCUT2D eigenvalue weighted by Gasteiger charge is 2.09. The Hall–Kier alpha value is -2.66. The van der Waals surface area contributed by atoms with Crippen molar-refractivity contribution in [2.75, 3.05) is 25.3 Å². The third-order valence-electron chi connectivity index (χ3n) is 2.68. The maximum atomic E-state index is 11.9. The van der Waals surface area contributed by atoms with E-state index in [9.17, 15) is 4.79 Å². The fourth-order valence-electron chi connectivity index (χ4n) is 1.68. The number of methoxy groups -OCH3 is 2. The number of aromatic amines is 1. The Kier molecular flexibility index (Phi) is 5.27. The number of nitrogens with zero attached hydrogens (tertiary/aromatic N) is 2. The maximum Gasteiger partial charge on any atom is 0.234 e. The zero-order valence-corrected chi connectivity index (χ0v) is 12.9. The van der Waals surface area contributed by atoms with Crippen molar-refractivity contribution in [1.82, 2.24) is 9.97 Å². The van der Waals surface area contributed by atoms with Crippen molar-refractivity contribution in [1.29, 1.82) is 5.26 Å². The van der Waals surface area contributed by atoms with E-state index in [0.29, 0.717) is 28.0 Å². The molecule has 0 unspecified atom stereocenters. The highest BCUT2D eigenvalue weighted by molar-refractivity contribution is 7.99. The van der Waals surface area contributed by atoms with E-state index in [-0.39, 0.29) is 11.7 Å². The summed E-state index contributed by atoms with van der Waals surface area (Å²) in [6, 6.07) is 7.04. The van der Waals surface area contributed by atoms with Gasteiger partial charge in [0.25, 0.3) is 0 Å². The minimum atomic E-state index is -0.188. The average molecular weight is 318 g/mol. The summed E-state index contributed by atoms with van der Waals surface area (Å²) in [7, 11) is 3.08. The molecule has 1 amide bonds. The molecule has 0 aliphatic heterocycles. The number of thioether (sulfide) groups is 1. The van der Waals surface area contributed by atoms with E-state index in [0.717, 1.165) is 0 Å². The molecule has 8 heteroatoms. The summed E-state index contributed by atoms with van der Waals surface area (Å²) in [5.41, 5.74) is 0.906. The lowest BCUT2D eigenvalue weighted by Crippen LogP contribution is -2.14. The predicted octanol–water partition coefficient (Wildman–Crippen LogP) is 2.03. The van der Waals surface area contributed by atoms with Crippen LogP contribution in [0.1, 0.15) is 5.69 Å². The fraction of sp³-hybridized carbons (Fsp3) is 0.214. The van der Waals surface area contributed by atoms with Crippen molar-refractivity contribution in [3.05, 3.63) is 30.1 Å². The van der Waals surface area contributed by atoms with Crippen LogP contribution in [-0.2, 0) is 4.79 Å². The molecule has 0 spiro atoms. The molecule has 0 aliphatic carbocycles. The molecule has 22 heavy (non-hydrogen) atoms. The SMILES string of the molecule is COc1ccc(NC(=O)CSc2nc(C#N)c[nH]2)cc1OC. The first-order valence-electron chi connectivity index (χ1n) is 6.26. The first-order valence-corrected chi connectivity index (χ1v) is 7.25. The second kappa shape index (κ2) is 7.38. The second-order valence-corrected chi connectivity index (χ2v) is 5.07. The molecular formula is C14H14N4O3S. The number of carbonyl (C=O) groups excluding carboxylic acids is 1. The summed E-state index contributed by atoms with van der Waals surface area (Å²) in [4.78, 5) is 18.7. The van der Waals surface area contributed by atoms with Crippen LogP contribution in [0.25, 0.3) is 0 Å². The standard InChI is InChI=1S/C14H14N4O3S/c1-20-11-4-3-9(5-12(11)21-2)17-13(19)8-22-14-16-7-10(6-15)18-14/h3-5,7H,8H2,1-2H3,(H,16,18)(H,17,19). The van der Waals surface area contributed by atoms with E-state index in [1.165, 1.54) is 25.1 Å². The zero-order chi connectivity index (χ0) is 15.9. The molecule has 1 aromatic heterocycles. The van der Waals surface area contributed by atoms with Crippen LogP contribution in [0, 0.1) is 11.3 Å². The lowest BCUT2D eigenvalue weighted by Gasteiger charge is -2.10. The molecule has 0 atom stereocenters. The number of nitrogens with one attached hydrogen (secondary N) is 2. The van der Waals surface area contributed by atoms with Crippen LogP contribution >= 0.6 is 11.8 Å². The Morgan fingerprint density at radius 1 is 1.41 bits per heavy atom. The van der Waals surface area contributed by atoms with Gasteiger partial charge in [0.05, 0.1) is 20.0 Å². The van der Waals surface area contributed by atoms with Crippen LogP contribution in [0.4, 0.5) is 5.69 Å². The van der Waals surface area contributed by atoms with Crippen LogP contribution in [-0.4, -0.2) is 35.8 Å². The summed E-state index contributed by atoms with van der Waals surface area (Å²) in [5, 5.41) is 12.0. The van der Waals surface area contributed by atoms with Gasteiger partial charge >= 0.3 is 0 Å². The number of amides is 1. The van der Waals surface area contributed by atoms with Gasteiger partial charge in [0.15, 0.2) is 22.3 Å². The van der Waals surface area contributed by atoms with Crippen molar-refractivity contribution in [3.8, 4) is 17.6 Å². The second-order valence-electron chi connectivity index (χ2n) is 4.11. The summed E-state index contributed by atoms with van der Waals surface area (Å²) < 4.78 is 10.3. The monoisotopic (exact) mass is 318 g/mol. The molecule has 1 heterocycles. The largest absolute Gasteiger partial charge is 0.493 e. The van der Waals surface area contributed by atoms with Gasteiger partial charge in [0.1, 0.15) is 6.07 Å². The number of rotatable bonds is 6. The van der Waals surface area contributed by atoms with Crippen molar-refractivity contribution >= 4 is 23.4 Å². The molecule has 0 bridgehead atoms. The fourth-order valence-corrected chi connectivity index (χ4v) is 2.33. The number of hydrogen-bond donors (Lipinski definition) is 2. The van der Waals surface area contributed by atoms with Gasteiger partial charge in [-0.2, -0.15) is 5.26 Å². The van der Waals surface area contributed by atoms with Gasteiger partial charge in [0.2, 0.25) is 5.91 Å². The van der Waals surface area contributed by atoms with Crippen LogP contribution in [0.2, 0.25) is 0 Å². The van der Waals surface area contributed by atoms with E-state index in [1.807, 2.05) is 6.07 Å². The van der Waals surface area contributed by atoms with Gasteiger partial charge in [-0.1, -0.05) is 11.8 Å². The van der Waals surface area contributed by atoms with E-state index in [1.54, 1.807) is 25.3 Å². The van der Waals surface area contributed by atoms with Crippen molar-refractivity contribution in [2.24, 2.45) is 0 Å². The molecule has 1 aromatic carbocycles. The number of imidazole rings is 1. The van der Waals surface area contributed by atoms with Gasteiger partial charge in [-0.15, -0.1) is 0 Å². The minimum absolute atomic E-state index is 0.173. The number of H-pyrrole nitrogens is 1. The van der Waals surface area contributed by atoms with Crippen LogP contribution < -0.4 is 14.8 Å². The number of benzene rings is 1. The number of aromatic nitrogens is 2. The molecule has 114 valence electrons. The molecule has 2 aromatic rings. The summed E-state index contributed by atoms with van der Waals surface area (Å²) in [5.74, 6) is 1.12. The van der Waals surface area contributed by atoms with Crippen molar-refractivity contribution < 1.29 is 14.3 Å². The highest BCUT2D eigenvalue weighted by Crippen LogP contribution is 2.29. The molecule has 0 saturated carbocycles. The van der Waals surface area contributed by atoms with Crippen molar-refractivity contribution in [2.45, 2.75) is 5.16 Å². The topological polar surface area (TPSA) is 100 Å². The first-order chi connectivity index (χ1) is 10.7. The number of carbonyl (C=O) groups is 1. The molecule has 0 saturated heterocycles. The Balaban J connectivity index is 1.93. The van der Waals surface area contributed by atoms with Crippen LogP contribution in [0.15, 0.2) is 29.6 Å². The highest BCUT2D eigenvalue weighted by atomic mass is 32.2. The maximum absolute atomic E-state index is 11.9. The van der Waals surface area contributed by atoms with Crippen LogP contribution in [0.5, 0.6) is 11.5 Å². The first kappa shape index (κ1) is 15.7. The minimum Gasteiger partial charge on any atom is -0.493 e. The van der Waals surface area contributed by atoms with E-state index in [4.69, 9.17) is 14.7 Å². The smallest absolute Gasteiger partial charge is 0.234 e.